The predicted molar refractivity (Wildman–Crippen MR) is 50.2 cm³/mol. The summed E-state index contributed by atoms with van der Waals surface area (Å²) < 4.78 is 5.13. The van der Waals surface area contributed by atoms with Gasteiger partial charge < -0.3 is 4.42 Å². The van der Waals surface area contributed by atoms with Crippen LogP contribution in [0.4, 0.5) is 0 Å². The summed E-state index contributed by atoms with van der Waals surface area (Å²) in [5.41, 5.74) is 0. The van der Waals surface area contributed by atoms with Crippen molar-refractivity contribution in [1.29, 1.82) is 0 Å². The van der Waals surface area contributed by atoms with Crippen LogP contribution in [0.2, 0.25) is 0 Å². The van der Waals surface area contributed by atoms with E-state index in [0.717, 1.165) is 17.3 Å². The van der Waals surface area contributed by atoms with Crippen molar-refractivity contribution in [2.75, 3.05) is 5.75 Å². The minimum absolute atomic E-state index is 0.252. The van der Waals surface area contributed by atoms with Gasteiger partial charge >= 0.3 is 0 Å². The van der Waals surface area contributed by atoms with E-state index in [4.69, 9.17) is 4.42 Å². The fraction of sp³-hybridized carbons (Fsp3) is 0.444. The molecule has 0 fully saturated rings. The van der Waals surface area contributed by atoms with Gasteiger partial charge in [-0.1, -0.05) is 0 Å². The molecule has 2 nitrogen and oxygen atoms in total. The van der Waals surface area contributed by atoms with Gasteiger partial charge in [0.05, 0.1) is 12.0 Å². The topological polar surface area (TPSA) is 30.2 Å². The van der Waals surface area contributed by atoms with Gasteiger partial charge in [0.2, 0.25) is 0 Å². The van der Waals surface area contributed by atoms with Gasteiger partial charge in [-0.15, -0.1) is 0 Å². The summed E-state index contributed by atoms with van der Waals surface area (Å²) in [6.07, 6.45) is 2.33. The van der Waals surface area contributed by atoms with Gasteiger partial charge in [0.25, 0.3) is 0 Å². The quantitative estimate of drug-likeness (QED) is 0.658. The number of ketones is 1. The Balaban J connectivity index is 2.07. The zero-order chi connectivity index (χ0) is 8.81. The summed E-state index contributed by atoms with van der Waals surface area (Å²) in [6.45, 7) is 1.62. The average Bonchev–Trinajstić information content (AvgIpc) is 2.49. The lowest BCUT2D eigenvalue weighted by atomic mass is 10.4. The van der Waals surface area contributed by atoms with Crippen molar-refractivity contribution in [2.24, 2.45) is 0 Å². The van der Waals surface area contributed by atoms with Crippen LogP contribution < -0.4 is 0 Å². The van der Waals surface area contributed by atoms with Crippen LogP contribution in [0, 0.1) is 0 Å². The normalized spacial score (nSPS) is 10.1. The molecule has 66 valence electrons. The zero-order valence-electron chi connectivity index (χ0n) is 7.08. The number of hydrogen-bond acceptors (Lipinski definition) is 3. The molecule has 0 amide bonds. The van der Waals surface area contributed by atoms with Crippen LogP contribution in [0.1, 0.15) is 19.1 Å². The second-order valence-corrected chi connectivity index (χ2v) is 3.69. The molecule has 12 heavy (non-hydrogen) atoms. The van der Waals surface area contributed by atoms with Crippen molar-refractivity contribution >= 4 is 17.5 Å². The van der Waals surface area contributed by atoms with Gasteiger partial charge in [0.15, 0.2) is 0 Å². The van der Waals surface area contributed by atoms with Crippen LogP contribution in [-0.2, 0) is 10.5 Å². The zero-order valence-corrected chi connectivity index (χ0v) is 7.89. The predicted octanol–water partition coefficient (Wildman–Crippen LogP) is 2.49. The van der Waals surface area contributed by atoms with Crippen molar-refractivity contribution < 1.29 is 9.21 Å². The highest BCUT2D eigenvalue weighted by Crippen LogP contribution is 2.12. The third kappa shape index (κ3) is 3.62. The molecular weight excluding hydrogens is 172 g/mol. The molecule has 0 aliphatic rings. The molecule has 0 aromatic carbocycles. The molecule has 1 aromatic rings. The maximum atomic E-state index is 10.6. The number of carbonyl (C=O) groups is 1. The summed E-state index contributed by atoms with van der Waals surface area (Å²) >= 11 is 1.72. The molecule has 3 heteroatoms. The molecule has 0 atom stereocenters. The third-order valence-corrected chi connectivity index (χ3v) is 2.40. The fourth-order valence-corrected chi connectivity index (χ4v) is 1.72. The van der Waals surface area contributed by atoms with Gasteiger partial charge in [-0.05, 0) is 19.1 Å². The van der Waals surface area contributed by atoms with Crippen LogP contribution in [0.5, 0.6) is 0 Å². The van der Waals surface area contributed by atoms with Gasteiger partial charge in [0.1, 0.15) is 11.5 Å². The number of furan rings is 1. The molecule has 0 bridgehead atoms. The molecule has 0 saturated carbocycles. The van der Waals surface area contributed by atoms with Crippen LogP contribution in [0.25, 0.3) is 0 Å². The Hall–Kier alpha value is -0.700. The lowest BCUT2D eigenvalue weighted by Gasteiger charge is -1.95. The number of hydrogen-bond donors (Lipinski definition) is 0. The van der Waals surface area contributed by atoms with E-state index in [0.29, 0.717) is 6.42 Å². The van der Waals surface area contributed by atoms with Crippen LogP contribution in [0.15, 0.2) is 22.8 Å². The average molecular weight is 184 g/mol. The summed E-state index contributed by atoms with van der Waals surface area (Å²) in [6, 6.07) is 3.82. The monoisotopic (exact) mass is 184 g/mol. The highest BCUT2D eigenvalue weighted by atomic mass is 32.2. The first-order chi connectivity index (χ1) is 5.79. The lowest BCUT2D eigenvalue weighted by Crippen LogP contribution is -1.91. The molecule has 0 N–H and O–H groups in total. The lowest BCUT2D eigenvalue weighted by molar-refractivity contribution is -0.116. The van der Waals surface area contributed by atoms with Gasteiger partial charge in [-0.3, -0.25) is 4.79 Å². The van der Waals surface area contributed by atoms with Crippen molar-refractivity contribution in [2.45, 2.75) is 19.1 Å². The first-order valence-corrected chi connectivity index (χ1v) is 5.04. The highest BCUT2D eigenvalue weighted by Gasteiger charge is 1.97. The minimum Gasteiger partial charge on any atom is -0.468 e. The summed E-state index contributed by atoms with van der Waals surface area (Å²) in [7, 11) is 0. The Morgan fingerprint density at radius 2 is 2.50 bits per heavy atom. The van der Waals surface area contributed by atoms with Gasteiger partial charge in [-0.25, -0.2) is 0 Å². The van der Waals surface area contributed by atoms with Crippen molar-refractivity contribution in [1.82, 2.24) is 0 Å². The van der Waals surface area contributed by atoms with E-state index in [9.17, 15) is 4.79 Å². The number of thioether (sulfide) groups is 1. The van der Waals surface area contributed by atoms with Gasteiger partial charge in [0, 0.05) is 12.2 Å². The largest absolute Gasteiger partial charge is 0.468 e. The second kappa shape index (κ2) is 5.04. The Bertz CT molecular complexity index is 229. The summed E-state index contributed by atoms with van der Waals surface area (Å²) in [4.78, 5) is 10.6. The Kier molecular flexibility index (Phi) is 3.94. The molecule has 0 unspecified atom stereocenters. The van der Waals surface area contributed by atoms with E-state index in [1.54, 1.807) is 24.9 Å². The van der Waals surface area contributed by atoms with Crippen molar-refractivity contribution in [3.63, 3.8) is 0 Å². The second-order valence-electron chi connectivity index (χ2n) is 2.58. The molecule has 0 aliphatic heterocycles. The summed E-state index contributed by atoms with van der Waals surface area (Å²) in [5, 5.41) is 0. The number of Topliss-reactive ketones (excluding diaryl/α,β-unsaturated/α-hetero) is 1. The highest BCUT2D eigenvalue weighted by molar-refractivity contribution is 7.98. The number of carbonyl (C=O) groups excluding carboxylic acids is 1. The maximum absolute atomic E-state index is 10.6. The Morgan fingerprint density at radius 3 is 3.08 bits per heavy atom. The molecule has 1 heterocycles. The molecule has 0 spiro atoms. The molecule has 1 aromatic heterocycles. The van der Waals surface area contributed by atoms with E-state index in [1.807, 2.05) is 12.1 Å². The molecule has 0 radical (unpaired) electrons. The van der Waals surface area contributed by atoms with Crippen LogP contribution in [-0.4, -0.2) is 11.5 Å². The van der Waals surface area contributed by atoms with E-state index >= 15 is 0 Å². The standard InChI is InChI=1S/C9H12O2S/c1-8(10)4-6-12-7-9-3-2-5-11-9/h2-3,5H,4,6-7H2,1H3. The van der Waals surface area contributed by atoms with E-state index in [2.05, 4.69) is 0 Å². The molecule has 0 saturated heterocycles. The minimum atomic E-state index is 0.252. The van der Waals surface area contributed by atoms with E-state index in [1.165, 1.54) is 0 Å². The number of rotatable bonds is 5. The Labute approximate surface area is 76.3 Å². The first kappa shape index (κ1) is 9.39. The smallest absolute Gasteiger partial charge is 0.130 e. The van der Waals surface area contributed by atoms with Crippen LogP contribution in [0.3, 0.4) is 0 Å². The SMILES string of the molecule is CC(=O)CCSCc1ccco1. The third-order valence-electron chi connectivity index (χ3n) is 1.42. The molecular formula is C9H12O2S. The van der Waals surface area contributed by atoms with E-state index in [-0.39, 0.29) is 5.78 Å². The fourth-order valence-electron chi connectivity index (χ4n) is 0.783. The molecule has 0 aliphatic carbocycles. The van der Waals surface area contributed by atoms with Gasteiger partial charge in [-0.2, -0.15) is 11.8 Å². The van der Waals surface area contributed by atoms with Crippen LogP contribution >= 0.6 is 11.8 Å². The van der Waals surface area contributed by atoms with Crippen molar-refractivity contribution in [3.8, 4) is 0 Å². The Morgan fingerprint density at radius 1 is 1.67 bits per heavy atom. The molecule has 1 rings (SSSR count). The summed E-state index contributed by atoms with van der Waals surface area (Å²) in [5.74, 6) is 2.97. The van der Waals surface area contributed by atoms with Crippen molar-refractivity contribution in [3.05, 3.63) is 24.2 Å². The first-order valence-electron chi connectivity index (χ1n) is 3.88. The maximum Gasteiger partial charge on any atom is 0.130 e. The van der Waals surface area contributed by atoms with E-state index < -0.39 is 0 Å².